The Hall–Kier alpha value is -2.61. The highest BCUT2D eigenvalue weighted by Gasteiger charge is 2.11. The predicted octanol–water partition coefficient (Wildman–Crippen LogP) is 1.92. The molecule has 0 saturated carbocycles. The summed E-state index contributed by atoms with van der Waals surface area (Å²) in [5.41, 5.74) is 2.53. The molecule has 1 heterocycles. The maximum atomic E-state index is 11.8. The molecule has 2 aromatic rings. The molecule has 0 unspecified atom stereocenters. The number of hydrogen-bond donors (Lipinski definition) is 0. The van der Waals surface area contributed by atoms with E-state index in [0.717, 1.165) is 11.3 Å². The summed E-state index contributed by atoms with van der Waals surface area (Å²) in [5, 5.41) is 13.0. The van der Waals surface area contributed by atoms with Crippen molar-refractivity contribution < 1.29 is 4.74 Å². The van der Waals surface area contributed by atoms with Crippen LogP contribution < -0.4 is 10.2 Å². The van der Waals surface area contributed by atoms with Crippen molar-refractivity contribution in [1.29, 1.82) is 5.26 Å². The minimum Gasteiger partial charge on any atom is -0.494 e. The van der Waals surface area contributed by atoms with Crippen LogP contribution in [0.5, 0.6) is 5.75 Å². The summed E-state index contributed by atoms with van der Waals surface area (Å²) in [5.74, 6) is 0.665. The van der Waals surface area contributed by atoms with Crippen LogP contribution in [0.2, 0.25) is 0 Å². The molecule has 20 heavy (non-hydrogen) atoms. The van der Waals surface area contributed by atoms with Crippen molar-refractivity contribution in [2.24, 2.45) is 0 Å². The molecule has 0 aliphatic rings. The topological polar surface area (TPSA) is 67.9 Å². The number of nitrogens with zero attached hydrogens (tertiary/aromatic N) is 3. The van der Waals surface area contributed by atoms with Crippen molar-refractivity contribution in [2.45, 2.75) is 20.3 Å². The van der Waals surface area contributed by atoms with E-state index >= 15 is 0 Å². The third kappa shape index (κ3) is 2.54. The SMILES string of the molecule is COc1ccc(C)cc1-n1nc(CC#N)c(=O)cc1C. The minimum absolute atomic E-state index is 0.00670. The van der Waals surface area contributed by atoms with Gasteiger partial charge in [-0.05, 0) is 31.5 Å². The number of hydrogen-bond acceptors (Lipinski definition) is 4. The first kappa shape index (κ1) is 13.8. The second kappa shape index (κ2) is 5.57. The van der Waals surface area contributed by atoms with Crippen molar-refractivity contribution in [3.8, 4) is 17.5 Å². The summed E-state index contributed by atoms with van der Waals surface area (Å²) in [6, 6.07) is 9.17. The summed E-state index contributed by atoms with van der Waals surface area (Å²) in [7, 11) is 1.59. The lowest BCUT2D eigenvalue weighted by Gasteiger charge is -2.14. The van der Waals surface area contributed by atoms with Gasteiger partial charge in [-0.1, -0.05) is 6.07 Å². The Kier molecular flexibility index (Phi) is 3.85. The zero-order valence-electron chi connectivity index (χ0n) is 11.7. The van der Waals surface area contributed by atoms with Gasteiger partial charge in [0.2, 0.25) is 5.43 Å². The zero-order valence-corrected chi connectivity index (χ0v) is 11.7. The zero-order chi connectivity index (χ0) is 14.7. The van der Waals surface area contributed by atoms with Crippen molar-refractivity contribution in [3.63, 3.8) is 0 Å². The van der Waals surface area contributed by atoms with Crippen LogP contribution in [0.15, 0.2) is 29.1 Å². The number of nitriles is 1. The van der Waals surface area contributed by atoms with E-state index < -0.39 is 0 Å². The molecule has 0 saturated heterocycles. The highest BCUT2D eigenvalue weighted by molar-refractivity contribution is 5.49. The van der Waals surface area contributed by atoms with E-state index in [1.54, 1.807) is 18.7 Å². The summed E-state index contributed by atoms with van der Waals surface area (Å²) in [4.78, 5) is 11.8. The number of rotatable bonds is 3. The molecule has 0 amide bonds. The smallest absolute Gasteiger partial charge is 0.204 e. The predicted molar refractivity (Wildman–Crippen MR) is 75.2 cm³/mol. The van der Waals surface area contributed by atoms with Gasteiger partial charge in [0.05, 0.1) is 19.6 Å². The second-order valence-electron chi connectivity index (χ2n) is 4.52. The van der Waals surface area contributed by atoms with Gasteiger partial charge < -0.3 is 4.74 Å². The Morgan fingerprint density at radius 3 is 2.75 bits per heavy atom. The number of methoxy groups -OCH3 is 1. The average Bonchev–Trinajstić information content (AvgIpc) is 2.42. The lowest BCUT2D eigenvalue weighted by molar-refractivity contribution is 0.411. The molecule has 0 atom stereocenters. The molecule has 0 fully saturated rings. The van der Waals surface area contributed by atoms with E-state index in [9.17, 15) is 4.79 Å². The van der Waals surface area contributed by atoms with E-state index in [2.05, 4.69) is 5.10 Å². The normalized spacial score (nSPS) is 10.1. The van der Waals surface area contributed by atoms with E-state index in [-0.39, 0.29) is 17.5 Å². The van der Waals surface area contributed by atoms with Crippen LogP contribution in [0.1, 0.15) is 17.0 Å². The summed E-state index contributed by atoms with van der Waals surface area (Å²) in [6.07, 6.45) is -0.00670. The number of aryl methyl sites for hydroxylation is 2. The molecule has 5 heteroatoms. The van der Waals surface area contributed by atoms with E-state index in [0.29, 0.717) is 11.4 Å². The van der Waals surface area contributed by atoms with Crippen LogP contribution in [0.3, 0.4) is 0 Å². The first-order chi connectivity index (χ1) is 9.56. The standard InChI is InChI=1S/C15H15N3O2/c1-10-4-5-15(20-3)13(8-10)18-11(2)9-14(19)12(17-18)6-7-16/h4-5,8-9H,6H2,1-3H3. The number of ether oxygens (including phenoxy) is 1. The molecule has 0 bridgehead atoms. The average molecular weight is 269 g/mol. The Morgan fingerprint density at radius 2 is 2.10 bits per heavy atom. The fraction of sp³-hybridized carbons (Fsp3) is 0.267. The van der Waals surface area contributed by atoms with Crippen LogP contribution in [0, 0.1) is 25.2 Å². The van der Waals surface area contributed by atoms with Crippen molar-refractivity contribution >= 4 is 0 Å². The highest BCUT2D eigenvalue weighted by Crippen LogP contribution is 2.24. The molecular weight excluding hydrogens is 254 g/mol. The van der Waals surface area contributed by atoms with Crippen molar-refractivity contribution in [1.82, 2.24) is 9.78 Å². The second-order valence-corrected chi connectivity index (χ2v) is 4.52. The maximum Gasteiger partial charge on any atom is 0.204 e. The first-order valence-corrected chi connectivity index (χ1v) is 6.18. The van der Waals surface area contributed by atoms with Gasteiger partial charge >= 0.3 is 0 Å². The highest BCUT2D eigenvalue weighted by atomic mass is 16.5. The molecule has 1 aromatic heterocycles. The van der Waals surface area contributed by atoms with Gasteiger partial charge in [-0.25, -0.2) is 4.68 Å². The molecule has 1 aromatic carbocycles. The molecule has 0 radical (unpaired) electrons. The minimum atomic E-state index is -0.216. The van der Waals surface area contributed by atoms with Gasteiger partial charge in [-0.15, -0.1) is 0 Å². The third-order valence-electron chi connectivity index (χ3n) is 2.99. The molecular formula is C15H15N3O2. The Morgan fingerprint density at radius 1 is 1.35 bits per heavy atom. The van der Waals surface area contributed by atoms with Crippen LogP contribution in [0.4, 0.5) is 0 Å². The lowest BCUT2D eigenvalue weighted by atomic mass is 10.2. The number of aromatic nitrogens is 2. The van der Waals surface area contributed by atoms with Crippen LogP contribution in [0.25, 0.3) is 5.69 Å². The van der Waals surface area contributed by atoms with Gasteiger partial charge in [-0.2, -0.15) is 10.4 Å². The van der Waals surface area contributed by atoms with Gasteiger partial charge in [-0.3, -0.25) is 4.79 Å². The van der Waals surface area contributed by atoms with Crippen LogP contribution in [-0.2, 0) is 6.42 Å². The quantitative estimate of drug-likeness (QED) is 0.853. The number of benzene rings is 1. The lowest BCUT2D eigenvalue weighted by Crippen LogP contribution is -2.19. The van der Waals surface area contributed by atoms with Crippen LogP contribution >= 0.6 is 0 Å². The van der Waals surface area contributed by atoms with E-state index in [1.165, 1.54) is 6.07 Å². The van der Waals surface area contributed by atoms with E-state index in [4.69, 9.17) is 10.00 Å². The van der Waals surface area contributed by atoms with Gasteiger partial charge in [0, 0.05) is 11.8 Å². The molecule has 5 nitrogen and oxygen atoms in total. The molecule has 2 rings (SSSR count). The summed E-state index contributed by atoms with van der Waals surface area (Å²) < 4.78 is 6.97. The maximum absolute atomic E-state index is 11.8. The molecule has 0 aliphatic carbocycles. The molecule has 0 aliphatic heterocycles. The van der Waals surface area contributed by atoms with Gasteiger partial charge in [0.1, 0.15) is 17.1 Å². The fourth-order valence-corrected chi connectivity index (χ4v) is 1.99. The van der Waals surface area contributed by atoms with Gasteiger partial charge in [0.25, 0.3) is 0 Å². The van der Waals surface area contributed by atoms with Gasteiger partial charge in [0.15, 0.2) is 0 Å². The molecule has 102 valence electrons. The summed E-state index contributed by atoms with van der Waals surface area (Å²) >= 11 is 0. The molecule has 0 N–H and O–H groups in total. The Balaban J connectivity index is 2.69. The van der Waals surface area contributed by atoms with Crippen LogP contribution in [-0.4, -0.2) is 16.9 Å². The largest absolute Gasteiger partial charge is 0.494 e. The van der Waals surface area contributed by atoms with Crippen molar-refractivity contribution in [2.75, 3.05) is 7.11 Å². The summed E-state index contributed by atoms with van der Waals surface area (Å²) in [6.45, 7) is 3.77. The third-order valence-corrected chi connectivity index (χ3v) is 2.99. The Labute approximate surface area is 117 Å². The first-order valence-electron chi connectivity index (χ1n) is 6.18. The monoisotopic (exact) mass is 269 g/mol. The van der Waals surface area contributed by atoms with Crippen molar-refractivity contribution in [3.05, 3.63) is 51.4 Å². The van der Waals surface area contributed by atoms with E-state index in [1.807, 2.05) is 31.2 Å². The fourth-order valence-electron chi connectivity index (χ4n) is 1.99. The molecule has 0 spiro atoms. The Bertz CT molecular complexity index is 742.